The van der Waals surface area contributed by atoms with Crippen LogP contribution in [0.4, 0.5) is 13.2 Å². The predicted octanol–water partition coefficient (Wildman–Crippen LogP) is 5.26. The highest BCUT2D eigenvalue weighted by Gasteiger charge is 2.28. The standard InChI is InChI=1S/C18H14F3N.C8H14N2O2/c19-12-6-4-11(5-7-12)17-16(10-2-1-3-10)14-8-13(20)9-15(21)18(14)22-17;1-7(12)9-8-3-2-4-10(5-8)6-11/h4-10,22H,1-3H2;6,8H,2-5H2,1H3,(H,9,12). The van der Waals surface area contributed by atoms with Crippen molar-refractivity contribution in [2.45, 2.75) is 51.0 Å². The highest BCUT2D eigenvalue weighted by Crippen LogP contribution is 2.45. The van der Waals surface area contributed by atoms with Gasteiger partial charge >= 0.3 is 0 Å². The van der Waals surface area contributed by atoms with Crippen molar-refractivity contribution in [3.8, 4) is 11.3 Å². The Morgan fingerprint density at radius 1 is 1.06 bits per heavy atom. The molecule has 1 atom stereocenters. The molecule has 1 saturated carbocycles. The van der Waals surface area contributed by atoms with Crippen LogP contribution in [0, 0.1) is 17.5 Å². The Morgan fingerprint density at radius 3 is 2.41 bits per heavy atom. The number of aromatic amines is 1. The van der Waals surface area contributed by atoms with Crippen LogP contribution in [0.15, 0.2) is 36.4 Å². The molecule has 5 nitrogen and oxygen atoms in total. The summed E-state index contributed by atoms with van der Waals surface area (Å²) in [5.74, 6) is -1.20. The minimum atomic E-state index is -0.594. The Morgan fingerprint density at radius 2 is 1.79 bits per heavy atom. The van der Waals surface area contributed by atoms with Gasteiger partial charge in [0.05, 0.1) is 11.2 Å². The average Bonchev–Trinajstić information content (AvgIpc) is 3.12. The van der Waals surface area contributed by atoms with Crippen LogP contribution in [0.2, 0.25) is 0 Å². The number of likely N-dealkylation sites (tertiary alicyclic amines) is 1. The summed E-state index contributed by atoms with van der Waals surface area (Å²) in [6.45, 7) is 2.97. The normalized spacial score (nSPS) is 18.1. The van der Waals surface area contributed by atoms with Gasteiger partial charge in [0.1, 0.15) is 17.5 Å². The van der Waals surface area contributed by atoms with E-state index in [0.717, 1.165) is 67.9 Å². The zero-order valence-electron chi connectivity index (χ0n) is 19.0. The molecule has 0 bridgehead atoms. The van der Waals surface area contributed by atoms with E-state index in [1.54, 1.807) is 17.0 Å². The van der Waals surface area contributed by atoms with Crippen LogP contribution < -0.4 is 5.32 Å². The Bertz CT molecular complexity index is 1170. The van der Waals surface area contributed by atoms with Gasteiger partial charge in [0.25, 0.3) is 0 Å². The van der Waals surface area contributed by atoms with Gasteiger partial charge in [0, 0.05) is 37.5 Å². The Labute approximate surface area is 196 Å². The average molecular weight is 472 g/mol. The number of halogens is 3. The molecule has 34 heavy (non-hydrogen) atoms. The zero-order chi connectivity index (χ0) is 24.2. The van der Waals surface area contributed by atoms with Crippen molar-refractivity contribution in [1.29, 1.82) is 0 Å². The Kier molecular flexibility index (Phi) is 7.24. The lowest BCUT2D eigenvalue weighted by atomic mass is 9.78. The molecule has 2 aromatic carbocycles. The van der Waals surface area contributed by atoms with E-state index in [1.807, 2.05) is 0 Å². The summed E-state index contributed by atoms with van der Waals surface area (Å²) >= 11 is 0. The SMILES string of the molecule is CC(=O)NC1CCCN(C=O)C1.Fc1ccc(-c2[nH]c3c(F)cc(F)cc3c2C2CCC2)cc1. The van der Waals surface area contributed by atoms with Crippen molar-refractivity contribution >= 4 is 23.2 Å². The van der Waals surface area contributed by atoms with Crippen LogP contribution in [0.1, 0.15) is 50.5 Å². The van der Waals surface area contributed by atoms with Gasteiger partial charge < -0.3 is 15.2 Å². The van der Waals surface area contributed by atoms with Crippen molar-refractivity contribution in [1.82, 2.24) is 15.2 Å². The molecule has 2 heterocycles. The lowest BCUT2D eigenvalue weighted by Gasteiger charge is -2.29. The third kappa shape index (κ3) is 5.26. The van der Waals surface area contributed by atoms with E-state index in [-0.39, 0.29) is 17.8 Å². The van der Waals surface area contributed by atoms with Crippen molar-refractivity contribution in [2.75, 3.05) is 13.1 Å². The second-order valence-corrected chi connectivity index (χ2v) is 9.00. The molecule has 0 radical (unpaired) electrons. The number of amides is 2. The van der Waals surface area contributed by atoms with Crippen LogP contribution in [-0.4, -0.2) is 41.3 Å². The lowest BCUT2D eigenvalue weighted by Crippen LogP contribution is -2.46. The highest BCUT2D eigenvalue weighted by atomic mass is 19.1. The number of piperidine rings is 1. The molecule has 2 amide bonds. The van der Waals surface area contributed by atoms with E-state index in [1.165, 1.54) is 25.1 Å². The minimum Gasteiger partial charge on any atom is -0.352 e. The first-order valence-electron chi connectivity index (χ1n) is 11.6. The number of fused-ring (bicyclic) bond motifs is 1. The van der Waals surface area contributed by atoms with E-state index >= 15 is 0 Å². The first-order chi connectivity index (χ1) is 16.4. The summed E-state index contributed by atoms with van der Waals surface area (Å²) in [6, 6.07) is 8.51. The number of hydrogen-bond acceptors (Lipinski definition) is 2. The first-order valence-corrected chi connectivity index (χ1v) is 11.6. The Balaban J connectivity index is 0.000000195. The summed E-state index contributed by atoms with van der Waals surface area (Å²) < 4.78 is 40.8. The van der Waals surface area contributed by atoms with Crippen LogP contribution in [0.3, 0.4) is 0 Å². The van der Waals surface area contributed by atoms with Crippen molar-refractivity contribution in [3.05, 3.63) is 59.4 Å². The van der Waals surface area contributed by atoms with Crippen molar-refractivity contribution in [2.24, 2.45) is 0 Å². The largest absolute Gasteiger partial charge is 0.352 e. The molecular weight excluding hydrogens is 443 g/mol. The molecule has 2 fully saturated rings. The molecular formula is C26H28F3N3O2. The van der Waals surface area contributed by atoms with Gasteiger partial charge in [-0.2, -0.15) is 0 Å². The summed E-state index contributed by atoms with van der Waals surface area (Å²) in [6.07, 6.45) is 5.94. The van der Waals surface area contributed by atoms with Gasteiger partial charge in [-0.1, -0.05) is 6.42 Å². The summed E-state index contributed by atoms with van der Waals surface area (Å²) in [7, 11) is 0. The number of aromatic nitrogens is 1. The van der Waals surface area contributed by atoms with Gasteiger partial charge in [0.2, 0.25) is 12.3 Å². The van der Waals surface area contributed by atoms with Crippen molar-refractivity contribution in [3.63, 3.8) is 0 Å². The summed E-state index contributed by atoms with van der Waals surface area (Å²) in [5, 5.41) is 3.41. The molecule has 1 aromatic heterocycles. The number of H-pyrrole nitrogens is 1. The molecule has 5 rings (SSSR count). The molecule has 2 aliphatic rings. The number of nitrogens with zero attached hydrogens (tertiary/aromatic N) is 1. The monoisotopic (exact) mass is 471 g/mol. The number of carbonyl (C=O) groups excluding carboxylic acids is 2. The van der Waals surface area contributed by atoms with Gasteiger partial charge in [-0.25, -0.2) is 13.2 Å². The molecule has 1 aliphatic carbocycles. The zero-order valence-corrected chi connectivity index (χ0v) is 19.0. The fourth-order valence-corrected chi connectivity index (χ4v) is 4.71. The quantitative estimate of drug-likeness (QED) is 0.510. The summed E-state index contributed by atoms with van der Waals surface area (Å²) in [4.78, 5) is 25.9. The van der Waals surface area contributed by atoms with E-state index in [9.17, 15) is 22.8 Å². The maximum absolute atomic E-state index is 14.1. The van der Waals surface area contributed by atoms with Gasteiger partial charge in [-0.05, 0) is 73.1 Å². The fraction of sp³-hybridized carbons (Fsp3) is 0.385. The minimum absolute atomic E-state index is 0.0206. The second-order valence-electron chi connectivity index (χ2n) is 9.00. The van der Waals surface area contributed by atoms with Crippen LogP contribution in [-0.2, 0) is 9.59 Å². The fourth-order valence-electron chi connectivity index (χ4n) is 4.71. The predicted molar refractivity (Wildman–Crippen MR) is 125 cm³/mol. The van der Waals surface area contributed by atoms with Gasteiger partial charge in [-0.15, -0.1) is 0 Å². The number of hydrogen-bond donors (Lipinski definition) is 2. The maximum Gasteiger partial charge on any atom is 0.217 e. The first kappa shape index (κ1) is 23.9. The van der Waals surface area contributed by atoms with Crippen molar-refractivity contribution < 1.29 is 22.8 Å². The van der Waals surface area contributed by atoms with E-state index < -0.39 is 11.6 Å². The van der Waals surface area contributed by atoms with Crippen LogP contribution in [0.5, 0.6) is 0 Å². The molecule has 8 heteroatoms. The van der Waals surface area contributed by atoms with E-state index in [2.05, 4.69) is 10.3 Å². The molecule has 1 unspecified atom stereocenters. The van der Waals surface area contributed by atoms with E-state index in [0.29, 0.717) is 23.4 Å². The number of rotatable bonds is 4. The number of nitrogens with one attached hydrogen (secondary N) is 2. The third-order valence-corrected chi connectivity index (χ3v) is 6.52. The third-order valence-electron chi connectivity index (χ3n) is 6.52. The molecule has 1 aliphatic heterocycles. The van der Waals surface area contributed by atoms with E-state index in [4.69, 9.17) is 0 Å². The maximum atomic E-state index is 14.1. The molecule has 2 N–H and O–H groups in total. The second kappa shape index (κ2) is 10.3. The summed E-state index contributed by atoms with van der Waals surface area (Å²) in [5.41, 5.74) is 2.83. The van der Waals surface area contributed by atoms with Gasteiger partial charge in [0.15, 0.2) is 0 Å². The smallest absolute Gasteiger partial charge is 0.217 e. The number of carbonyl (C=O) groups is 2. The molecule has 0 spiro atoms. The topological polar surface area (TPSA) is 65.2 Å². The number of benzene rings is 2. The highest BCUT2D eigenvalue weighted by molar-refractivity contribution is 5.92. The van der Waals surface area contributed by atoms with Crippen LogP contribution >= 0.6 is 0 Å². The molecule has 3 aromatic rings. The van der Waals surface area contributed by atoms with Gasteiger partial charge in [-0.3, -0.25) is 9.59 Å². The molecule has 180 valence electrons. The van der Waals surface area contributed by atoms with Crippen LogP contribution in [0.25, 0.3) is 22.2 Å². The molecule has 1 saturated heterocycles. The Hall–Kier alpha value is -3.29. The lowest BCUT2D eigenvalue weighted by molar-refractivity contribution is -0.123.